The molecule has 1 aliphatic rings. The SMILES string of the molecule is Cc1[nH]cnc1CC1CCCN1. The summed E-state index contributed by atoms with van der Waals surface area (Å²) in [6.07, 6.45) is 5.47. The molecule has 0 aliphatic carbocycles. The Kier molecular flexibility index (Phi) is 2.13. The molecule has 1 aliphatic heterocycles. The van der Waals surface area contributed by atoms with E-state index in [1.54, 1.807) is 6.33 Å². The zero-order chi connectivity index (χ0) is 8.39. The fourth-order valence-electron chi connectivity index (χ4n) is 1.76. The first-order valence-electron chi connectivity index (χ1n) is 4.58. The summed E-state index contributed by atoms with van der Waals surface area (Å²) in [6.45, 7) is 3.26. The van der Waals surface area contributed by atoms with Crippen LogP contribution in [0.1, 0.15) is 24.2 Å². The third-order valence-electron chi connectivity index (χ3n) is 2.54. The Bertz CT molecular complexity index is 248. The first-order valence-corrected chi connectivity index (χ1v) is 4.58. The normalized spacial score (nSPS) is 23.2. The van der Waals surface area contributed by atoms with E-state index < -0.39 is 0 Å². The van der Waals surface area contributed by atoms with Gasteiger partial charge in [-0.3, -0.25) is 0 Å². The van der Waals surface area contributed by atoms with Gasteiger partial charge in [0.1, 0.15) is 0 Å². The van der Waals surface area contributed by atoms with Crippen LogP contribution >= 0.6 is 0 Å². The van der Waals surface area contributed by atoms with Crippen molar-refractivity contribution in [2.24, 2.45) is 0 Å². The molecule has 1 unspecified atom stereocenters. The standard InChI is InChI=1S/C9H15N3/c1-7-9(12-6-11-7)5-8-3-2-4-10-8/h6,8,10H,2-5H2,1H3,(H,11,12). The largest absolute Gasteiger partial charge is 0.348 e. The molecule has 3 nitrogen and oxygen atoms in total. The topological polar surface area (TPSA) is 40.7 Å². The van der Waals surface area contributed by atoms with Crippen LogP contribution in [-0.2, 0) is 6.42 Å². The lowest BCUT2D eigenvalue weighted by atomic mass is 10.1. The number of aryl methyl sites for hydroxylation is 1. The fourth-order valence-corrected chi connectivity index (χ4v) is 1.76. The van der Waals surface area contributed by atoms with Gasteiger partial charge in [-0.05, 0) is 26.3 Å². The van der Waals surface area contributed by atoms with Crippen LogP contribution in [0.2, 0.25) is 0 Å². The minimum absolute atomic E-state index is 0.659. The molecule has 0 spiro atoms. The Hall–Kier alpha value is -0.830. The summed E-state index contributed by atoms with van der Waals surface area (Å²) >= 11 is 0. The van der Waals surface area contributed by atoms with Gasteiger partial charge in [-0.15, -0.1) is 0 Å². The predicted molar refractivity (Wildman–Crippen MR) is 48.1 cm³/mol. The van der Waals surface area contributed by atoms with Crippen LogP contribution in [0.25, 0.3) is 0 Å². The maximum absolute atomic E-state index is 4.28. The van der Waals surface area contributed by atoms with Crippen LogP contribution in [0.3, 0.4) is 0 Å². The molecule has 2 N–H and O–H groups in total. The van der Waals surface area contributed by atoms with Crippen molar-refractivity contribution in [2.75, 3.05) is 6.54 Å². The van der Waals surface area contributed by atoms with Crippen molar-refractivity contribution in [1.82, 2.24) is 15.3 Å². The van der Waals surface area contributed by atoms with Crippen LogP contribution < -0.4 is 5.32 Å². The fraction of sp³-hybridized carbons (Fsp3) is 0.667. The summed E-state index contributed by atoms with van der Waals surface area (Å²) in [4.78, 5) is 7.39. The Morgan fingerprint density at radius 3 is 3.17 bits per heavy atom. The van der Waals surface area contributed by atoms with Gasteiger partial charge < -0.3 is 10.3 Å². The van der Waals surface area contributed by atoms with E-state index in [0.717, 1.165) is 6.42 Å². The lowest BCUT2D eigenvalue weighted by Gasteiger charge is -2.07. The van der Waals surface area contributed by atoms with Crippen molar-refractivity contribution in [1.29, 1.82) is 0 Å². The number of imidazole rings is 1. The van der Waals surface area contributed by atoms with E-state index in [1.807, 2.05) is 0 Å². The van der Waals surface area contributed by atoms with E-state index in [4.69, 9.17) is 0 Å². The number of rotatable bonds is 2. The second-order valence-electron chi connectivity index (χ2n) is 3.47. The number of aromatic amines is 1. The van der Waals surface area contributed by atoms with E-state index in [2.05, 4.69) is 22.2 Å². The number of hydrogen-bond acceptors (Lipinski definition) is 2. The third kappa shape index (κ3) is 1.50. The Balaban J connectivity index is 1.98. The highest BCUT2D eigenvalue weighted by molar-refractivity contribution is 5.10. The van der Waals surface area contributed by atoms with Crippen LogP contribution in [0.4, 0.5) is 0 Å². The quantitative estimate of drug-likeness (QED) is 0.686. The summed E-state index contributed by atoms with van der Waals surface area (Å²) < 4.78 is 0. The van der Waals surface area contributed by atoms with Gasteiger partial charge >= 0.3 is 0 Å². The van der Waals surface area contributed by atoms with Gasteiger partial charge in [0.25, 0.3) is 0 Å². The van der Waals surface area contributed by atoms with E-state index in [-0.39, 0.29) is 0 Å². The Morgan fingerprint density at radius 1 is 1.67 bits per heavy atom. The molecule has 0 aromatic carbocycles. The number of nitrogens with zero attached hydrogens (tertiary/aromatic N) is 1. The maximum atomic E-state index is 4.28. The molecule has 12 heavy (non-hydrogen) atoms. The van der Waals surface area contributed by atoms with Crippen molar-refractivity contribution in [3.63, 3.8) is 0 Å². The van der Waals surface area contributed by atoms with Gasteiger partial charge in [-0.25, -0.2) is 4.98 Å². The number of aromatic nitrogens is 2. The molecular formula is C9H15N3. The monoisotopic (exact) mass is 165 g/mol. The van der Waals surface area contributed by atoms with E-state index in [9.17, 15) is 0 Å². The highest BCUT2D eigenvalue weighted by Gasteiger charge is 2.15. The second kappa shape index (κ2) is 3.27. The van der Waals surface area contributed by atoms with Crippen molar-refractivity contribution in [2.45, 2.75) is 32.2 Å². The van der Waals surface area contributed by atoms with Gasteiger partial charge in [0.2, 0.25) is 0 Å². The maximum Gasteiger partial charge on any atom is 0.0925 e. The lowest BCUT2D eigenvalue weighted by Crippen LogP contribution is -2.24. The van der Waals surface area contributed by atoms with Gasteiger partial charge in [-0.2, -0.15) is 0 Å². The molecule has 1 fully saturated rings. The summed E-state index contributed by atoms with van der Waals surface area (Å²) in [6, 6.07) is 0.659. The first kappa shape index (κ1) is 7.80. The molecule has 2 heterocycles. The average molecular weight is 165 g/mol. The molecule has 1 saturated heterocycles. The van der Waals surface area contributed by atoms with Crippen molar-refractivity contribution in [3.8, 4) is 0 Å². The van der Waals surface area contributed by atoms with Crippen LogP contribution in [-0.4, -0.2) is 22.6 Å². The first-order chi connectivity index (χ1) is 5.86. The molecule has 1 atom stereocenters. The lowest BCUT2D eigenvalue weighted by molar-refractivity contribution is 0.595. The van der Waals surface area contributed by atoms with Gasteiger partial charge in [0, 0.05) is 18.2 Å². The Morgan fingerprint density at radius 2 is 2.58 bits per heavy atom. The minimum Gasteiger partial charge on any atom is -0.348 e. The molecular weight excluding hydrogens is 150 g/mol. The van der Waals surface area contributed by atoms with E-state index >= 15 is 0 Å². The number of nitrogens with one attached hydrogen (secondary N) is 2. The van der Waals surface area contributed by atoms with Gasteiger partial charge in [-0.1, -0.05) is 0 Å². The number of H-pyrrole nitrogens is 1. The van der Waals surface area contributed by atoms with Crippen molar-refractivity contribution in [3.05, 3.63) is 17.7 Å². The van der Waals surface area contributed by atoms with Gasteiger partial charge in [0.05, 0.1) is 12.0 Å². The second-order valence-corrected chi connectivity index (χ2v) is 3.47. The molecule has 0 amide bonds. The van der Waals surface area contributed by atoms with E-state index in [1.165, 1.54) is 30.8 Å². The summed E-state index contributed by atoms with van der Waals surface area (Å²) in [5, 5.41) is 3.47. The van der Waals surface area contributed by atoms with Crippen LogP contribution in [0.15, 0.2) is 6.33 Å². The highest BCUT2D eigenvalue weighted by Crippen LogP contribution is 2.11. The van der Waals surface area contributed by atoms with Gasteiger partial charge in [0.15, 0.2) is 0 Å². The molecule has 0 bridgehead atoms. The number of hydrogen-bond donors (Lipinski definition) is 2. The van der Waals surface area contributed by atoms with Crippen molar-refractivity contribution < 1.29 is 0 Å². The van der Waals surface area contributed by atoms with Crippen molar-refractivity contribution >= 4 is 0 Å². The smallest absolute Gasteiger partial charge is 0.0925 e. The summed E-state index contributed by atoms with van der Waals surface area (Å²) in [5.41, 5.74) is 2.43. The third-order valence-corrected chi connectivity index (χ3v) is 2.54. The molecule has 2 rings (SSSR count). The zero-order valence-electron chi connectivity index (χ0n) is 7.43. The molecule has 1 aromatic heterocycles. The van der Waals surface area contributed by atoms with E-state index in [0.29, 0.717) is 6.04 Å². The zero-order valence-corrected chi connectivity index (χ0v) is 7.43. The van der Waals surface area contributed by atoms with Crippen LogP contribution in [0.5, 0.6) is 0 Å². The highest BCUT2D eigenvalue weighted by atomic mass is 14.9. The Labute approximate surface area is 72.6 Å². The predicted octanol–water partition coefficient (Wildman–Crippen LogP) is 1.01. The molecule has 1 aromatic rings. The minimum atomic E-state index is 0.659. The average Bonchev–Trinajstić information content (AvgIpc) is 2.65. The molecule has 0 radical (unpaired) electrons. The molecule has 66 valence electrons. The molecule has 3 heteroatoms. The van der Waals surface area contributed by atoms with Crippen LogP contribution in [0, 0.1) is 6.92 Å². The molecule has 0 saturated carbocycles. The summed E-state index contributed by atoms with van der Waals surface area (Å²) in [5.74, 6) is 0. The summed E-state index contributed by atoms with van der Waals surface area (Å²) in [7, 11) is 0.